The van der Waals surface area contributed by atoms with Gasteiger partial charge in [-0.3, -0.25) is 0 Å². The van der Waals surface area contributed by atoms with Crippen LogP contribution in [0.25, 0.3) is 0 Å². The molecule has 0 aromatic carbocycles. The Morgan fingerprint density at radius 3 is 1.38 bits per heavy atom. The van der Waals surface area contributed by atoms with Crippen LogP contribution in [0.15, 0.2) is 0 Å². The average Bonchev–Trinajstić information content (AvgIpc) is 2.45. The standard InChI is InChI=1S/C19H40O2/c1-3-4-5-6-9-12-15-18(2)16-13-10-7-8-11-14-17-19(20)21/h18-21H,3-17H2,1-2H3. The van der Waals surface area contributed by atoms with Gasteiger partial charge in [0.15, 0.2) is 6.29 Å². The predicted octanol–water partition coefficient (Wildman–Crippen LogP) is 5.80. The van der Waals surface area contributed by atoms with E-state index in [-0.39, 0.29) is 0 Å². The molecule has 2 heteroatoms. The number of unbranched alkanes of at least 4 members (excludes halogenated alkanes) is 10. The minimum atomic E-state index is -1.10. The van der Waals surface area contributed by atoms with Crippen molar-refractivity contribution in [3.05, 3.63) is 0 Å². The fourth-order valence-corrected chi connectivity index (χ4v) is 2.94. The van der Waals surface area contributed by atoms with Gasteiger partial charge >= 0.3 is 0 Å². The number of rotatable bonds is 16. The summed E-state index contributed by atoms with van der Waals surface area (Å²) in [4.78, 5) is 0. The summed E-state index contributed by atoms with van der Waals surface area (Å²) in [6.07, 6.45) is 18.1. The quantitative estimate of drug-likeness (QED) is 0.279. The van der Waals surface area contributed by atoms with E-state index in [1.54, 1.807) is 0 Å². The number of aliphatic hydroxyl groups excluding tert-OH is 1. The highest BCUT2D eigenvalue weighted by atomic mass is 16.5. The summed E-state index contributed by atoms with van der Waals surface area (Å²) in [5, 5.41) is 17.5. The Hall–Kier alpha value is -0.0800. The van der Waals surface area contributed by atoms with E-state index in [0.717, 1.165) is 18.8 Å². The van der Waals surface area contributed by atoms with Gasteiger partial charge < -0.3 is 10.2 Å². The summed E-state index contributed by atoms with van der Waals surface area (Å²) in [5.41, 5.74) is 0. The molecule has 0 rings (SSSR count). The number of hydrogen-bond acceptors (Lipinski definition) is 2. The maximum absolute atomic E-state index is 8.74. The average molecular weight is 301 g/mol. The van der Waals surface area contributed by atoms with E-state index in [9.17, 15) is 0 Å². The maximum atomic E-state index is 8.74. The van der Waals surface area contributed by atoms with Gasteiger partial charge in [-0.1, -0.05) is 97.3 Å². The van der Waals surface area contributed by atoms with Crippen molar-refractivity contribution >= 4 is 0 Å². The molecule has 0 fully saturated rings. The van der Waals surface area contributed by atoms with Gasteiger partial charge in [0.25, 0.3) is 0 Å². The Morgan fingerprint density at radius 2 is 0.952 bits per heavy atom. The summed E-state index contributed by atoms with van der Waals surface area (Å²) >= 11 is 0. The minimum Gasteiger partial charge on any atom is -0.368 e. The molecule has 0 aliphatic carbocycles. The first-order chi connectivity index (χ1) is 10.2. The third-order valence-electron chi connectivity index (χ3n) is 4.46. The SMILES string of the molecule is CCCCCCCCC(C)CCCCCCCCC(O)O. The van der Waals surface area contributed by atoms with Crippen molar-refractivity contribution in [1.29, 1.82) is 0 Å². The van der Waals surface area contributed by atoms with Gasteiger partial charge in [-0.25, -0.2) is 0 Å². The van der Waals surface area contributed by atoms with Crippen LogP contribution in [-0.2, 0) is 0 Å². The molecule has 0 radical (unpaired) electrons. The van der Waals surface area contributed by atoms with E-state index in [0.29, 0.717) is 6.42 Å². The highest BCUT2D eigenvalue weighted by Gasteiger charge is 2.02. The molecule has 0 spiro atoms. The van der Waals surface area contributed by atoms with E-state index in [1.807, 2.05) is 0 Å². The highest BCUT2D eigenvalue weighted by Crippen LogP contribution is 2.18. The molecule has 0 saturated heterocycles. The maximum Gasteiger partial charge on any atom is 0.151 e. The van der Waals surface area contributed by atoms with Crippen molar-refractivity contribution in [2.24, 2.45) is 5.92 Å². The lowest BCUT2D eigenvalue weighted by molar-refractivity contribution is -0.0466. The lowest BCUT2D eigenvalue weighted by Gasteiger charge is -2.11. The monoisotopic (exact) mass is 300 g/mol. The predicted molar refractivity (Wildman–Crippen MR) is 92.3 cm³/mol. The first-order valence-electron chi connectivity index (χ1n) is 9.53. The molecular formula is C19H40O2. The molecule has 0 saturated carbocycles. The van der Waals surface area contributed by atoms with Gasteiger partial charge in [-0.05, 0) is 18.8 Å². The second-order valence-electron chi connectivity index (χ2n) is 6.84. The molecule has 2 nitrogen and oxygen atoms in total. The topological polar surface area (TPSA) is 40.5 Å². The van der Waals surface area contributed by atoms with Crippen LogP contribution in [0.4, 0.5) is 0 Å². The summed E-state index contributed by atoms with van der Waals surface area (Å²) in [6.45, 7) is 4.69. The molecule has 0 aromatic heterocycles. The Morgan fingerprint density at radius 1 is 0.571 bits per heavy atom. The van der Waals surface area contributed by atoms with Crippen molar-refractivity contribution in [3.63, 3.8) is 0 Å². The zero-order valence-electron chi connectivity index (χ0n) is 14.7. The molecule has 128 valence electrons. The van der Waals surface area contributed by atoms with Crippen LogP contribution in [0.1, 0.15) is 110 Å². The van der Waals surface area contributed by atoms with Crippen molar-refractivity contribution in [1.82, 2.24) is 0 Å². The van der Waals surface area contributed by atoms with E-state index < -0.39 is 6.29 Å². The van der Waals surface area contributed by atoms with E-state index in [2.05, 4.69) is 13.8 Å². The fraction of sp³-hybridized carbons (Fsp3) is 1.00. The first-order valence-corrected chi connectivity index (χ1v) is 9.53. The van der Waals surface area contributed by atoms with Gasteiger partial charge in [-0.15, -0.1) is 0 Å². The van der Waals surface area contributed by atoms with Crippen LogP contribution in [0, 0.1) is 5.92 Å². The lowest BCUT2D eigenvalue weighted by Crippen LogP contribution is -2.02. The molecule has 0 aromatic rings. The zero-order chi connectivity index (χ0) is 15.8. The molecular weight excluding hydrogens is 260 g/mol. The van der Waals surface area contributed by atoms with E-state index >= 15 is 0 Å². The normalized spacial score (nSPS) is 13.0. The summed E-state index contributed by atoms with van der Waals surface area (Å²) in [6, 6.07) is 0. The molecule has 0 bridgehead atoms. The number of aliphatic hydroxyl groups is 2. The summed E-state index contributed by atoms with van der Waals surface area (Å²) in [7, 11) is 0. The second-order valence-corrected chi connectivity index (χ2v) is 6.84. The molecule has 2 N–H and O–H groups in total. The molecule has 0 aliphatic heterocycles. The Kier molecular flexibility index (Phi) is 16.2. The van der Waals surface area contributed by atoms with Crippen molar-refractivity contribution < 1.29 is 10.2 Å². The molecule has 1 atom stereocenters. The minimum absolute atomic E-state index is 0.537. The molecule has 0 amide bonds. The molecule has 1 unspecified atom stereocenters. The van der Waals surface area contributed by atoms with Crippen molar-refractivity contribution in [3.8, 4) is 0 Å². The van der Waals surface area contributed by atoms with Gasteiger partial charge in [-0.2, -0.15) is 0 Å². The van der Waals surface area contributed by atoms with Crippen LogP contribution in [0.3, 0.4) is 0 Å². The number of hydrogen-bond donors (Lipinski definition) is 2. The van der Waals surface area contributed by atoms with Gasteiger partial charge in [0.2, 0.25) is 0 Å². The smallest absolute Gasteiger partial charge is 0.151 e. The second kappa shape index (κ2) is 16.3. The Balaban J connectivity index is 3.14. The third-order valence-corrected chi connectivity index (χ3v) is 4.46. The van der Waals surface area contributed by atoms with Crippen LogP contribution in [0.2, 0.25) is 0 Å². The largest absolute Gasteiger partial charge is 0.368 e. The molecule has 0 aliphatic rings. The van der Waals surface area contributed by atoms with Crippen LogP contribution in [-0.4, -0.2) is 16.5 Å². The van der Waals surface area contributed by atoms with Crippen molar-refractivity contribution in [2.45, 2.75) is 116 Å². The first kappa shape index (κ1) is 20.9. The Labute approximate surface area is 133 Å². The van der Waals surface area contributed by atoms with Crippen LogP contribution < -0.4 is 0 Å². The summed E-state index contributed by atoms with van der Waals surface area (Å²) in [5.74, 6) is 0.903. The lowest BCUT2D eigenvalue weighted by atomic mass is 9.96. The molecule has 0 heterocycles. The summed E-state index contributed by atoms with van der Waals surface area (Å²) < 4.78 is 0. The molecule has 21 heavy (non-hydrogen) atoms. The van der Waals surface area contributed by atoms with Gasteiger partial charge in [0, 0.05) is 0 Å². The Bertz CT molecular complexity index is 192. The van der Waals surface area contributed by atoms with E-state index in [4.69, 9.17) is 10.2 Å². The van der Waals surface area contributed by atoms with Gasteiger partial charge in [0.05, 0.1) is 0 Å². The highest BCUT2D eigenvalue weighted by molar-refractivity contribution is 4.56. The fourth-order valence-electron chi connectivity index (χ4n) is 2.94. The van der Waals surface area contributed by atoms with E-state index in [1.165, 1.54) is 77.0 Å². The zero-order valence-corrected chi connectivity index (χ0v) is 14.7. The van der Waals surface area contributed by atoms with Gasteiger partial charge in [0.1, 0.15) is 0 Å². The third kappa shape index (κ3) is 17.9. The van der Waals surface area contributed by atoms with Crippen molar-refractivity contribution in [2.75, 3.05) is 0 Å². The van der Waals surface area contributed by atoms with Crippen LogP contribution >= 0.6 is 0 Å². The van der Waals surface area contributed by atoms with Crippen LogP contribution in [0.5, 0.6) is 0 Å².